The molecule has 4 heterocycles. The summed E-state index contributed by atoms with van der Waals surface area (Å²) in [6, 6.07) is 8.31. The number of piperidine rings is 2. The van der Waals surface area contributed by atoms with Gasteiger partial charge in [-0.25, -0.2) is 4.79 Å². The molecule has 2 fully saturated rings. The van der Waals surface area contributed by atoms with E-state index in [0.29, 0.717) is 18.8 Å². The summed E-state index contributed by atoms with van der Waals surface area (Å²) in [7, 11) is 5.86. The number of amides is 3. The Morgan fingerprint density at radius 1 is 1.17 bits per heavy atom. The maximum absolute atomic E-state index is 12.1. The van der Waals surface area contributed by atoms with Gasteiger partial charge in [0.15, 0.2) is 0 Å². The van der Waals surface area contributed by atoms with Crippen molar-refractivity contribution in [2.75, 3.05) is 51.8 Å². The quantitative estimate of drug-likeness (QED) is 0.479. The molecule has 0 unspecified atom stereocenters. The molecule has 0 aromatic heterocycles. The van der Waals surface area contributed by atoms with Crippen LogP contribution < -0.4 is 11.1 Å². The van der Waals surface area contributed by atoms with E-state index >= 15 is 0 Å². The smallest absolute Gasteiger partial charge is 0.322 e. The number of likely N-dealkylation sites (tertiary alicyclic amines) is 2. The minimum absolute atomic E-state index is 0.0123. The maximum atomic E-state index is 12.1. The number of nitrogens with one attached hydrogen (secondary N) is 1. The molecule has 0 radical (unpaired) electrons. The van der Waals surface area contributed by atoms with Gasteiger partial charge in [0.2, 0.25) is 5.91 Å². The van der Waals surface area contributed by atoms with Gasteiger partial charge < -0.3 is 25.8 Å². The number of aliphatic imine (C=N–C) groups is 2. The van der Waals surface area contributed by atoms with Gasteiger partial charge in [0.05, 0.1) is 22.2 Å². The van der Waals surface area contributed by atoms with E-state index in [0.717, 1.165) is 60.8 Å². The molecule has 3 N–H and O–H groups in total. The molecule has 0 bridgehead atoms. The van der Waals surface area contributed by atoms with Crippen LogP contribution in [0.15, 0.2) is 44.9 Å². The third-order valence-corrected chi connectivity index (χ3v) is 8.77. The van der Waals surface area contributed by atoms with Crippen molar-refractivity contribution in [2.45, 2.75) is 43.7 Å². The number of anilines is 1. The second-order valence-corrected chi connectivity index (χ2v) is 11.0. The van der Waals surface area contributed by atoms with Gasteiger partial charge in [0.25, 0.3) is 0 Å². The van der Waals surface area contributed by atoms with Crippen LogP contribution in [-0.4, -0.2) is 91.8 Å². The Bertz CT molecular complexity index is 1080. The molecule has 1 aromatic rings. The van der Waals surface area contributed by atoms with Crippen LogP contribution in [0, 0.1) is 0 Å². The molecule has 1 spiro atoms. The van der Waals surface area contributed by atoms with Crippen LogP contribution in [-0.2, 0) is 10.3 Å². The van der Waals surface area contributed by atoms with Gasteiger partial charge in [-0.1, -0.05) is 18.2 Å². The summed E-state index contributed by atoms with van der Waals surface area (Å²) in [6.45, 7) is 6.27. The number of urea groups is 1. The van der Waals surface area contributed by atoms with Gasteiger partial charge in [-0.15, -0.1) is 11.8 Å². The highest BCUT2D eigenvalue weighted by atomic mass is 32.2. The normalized spacial score (nSPS) is 24.3. The first-order chi connectivity index (χ1) is 17.2. The Kier molecular flexibility index (Phi) is 8.04. The van der Waals surface area contributed by atoms with Crippen LogP contribution in [0.25, 0.3) is 0 Å². The minimum Gasteiger partial charge on any atom is -0.383 e. The zero-order valence-corrected chi connectivity index (χ0v) is 22.3. The van der Waals surface area contributed by atoms with Crippen LogP contribution in [0.3, 0.4) is 0 Å². The van der Waals surface area contributed by atoms with E-state index in [4.69, 9.17) is 5.73 Å². The zero-order valence-electron chi connectivity index (χ0n) is 21.5. The van der Waals surface area contributed by atoms with Crippen LogP contribution in [0.2, 0.25) is 0 Å². The summed E-state index contributed by atoms with van der Waals surface area (Å²) < 4.78 is 0. The number of para-hydroxylation sites is 1. The van der Waals surface area contributed by atoms with Crippen molar-refractivity contribution in [3.8, 4) is 0 Å². The number of benzene rings is 1. The van der Waals surface area contributed by atoms with Gasteiger partial charge >= 0.3 is 6.03 Å². The lowest BCUT2D eigenvalue weighted by Gasteiger charge is -2.50. The summed E-state index contributed by atoms with van der Waals surface area (Å²) in [4.78, 5) is 38.9. The Hall–Kier alpha value is -2.85. The number of hydrogen-bond donors (Lipinski definition) is 2. The number of hydrogen-bond acceptors (Lipinski definition) is 6. The fraction of sp³-hybridized carbons (Fsp3) is 0.538. The van der Waals surface area contributed by atoms with E-state index in [2.05, 4.69) is 46.1 Å². The van der Waals surface area contributed by atoms with Gasteiger partial charge in [-0.2, -0.15) is 0 Å². The predicted octanol–water partition coefficient (Wildman–Crippen LogP) is 3.10. The molecule has 1 atom stereocenters. The number of fused-ring (bicyclic) bond motifs is 2. The van der Waals surface area contributed by atoms with E-state index in [9.17, 15) is 9.59 Å². The standard InChI is InChI=1S/C14H19N3O.C12H18N4OS/c1-16-9-7-14(8-10-16)11-5-3-4-6-12(11)15-13(18)17(14)2;1-14-9-5-6-18-11(9)12(13)15-8-3-4-10(17)16(2)7-8/h3-6H,7-10H2,1-2H3,(H,15,18);8H,1,3-7H2,2H3,(H2,13,15)/t;8-/m.0/s1. The van der Waals surface area contributed by atoms with Crippen LogP contribution >= 0.6 is 11.8 Å². The van der Waals surface area contributed by atoms with Crippen molar-refractivity contribution < 1.29 is 9.59 Å². The molecule has 36 heavy (non-hydrogen) atoms. The van der Waals surface area contributed by atoms with Gasteiger partial charge in [0.1, 0.15) is 5.84 Å². The summed E-state index contributed by atoms with van der Waals surface area (Å²) in [5.41, 5.74) is 9.10. The number of amidine groups is 1. The number of likely N-dealkylation sites (N-methyl/N-ethyl adjacent to an activating group) is 1. The fourth-order valence-electron chi connectivity index (χ4n) is 5.34. The summed E-state index contributed by atoms with van der Waals surface area (Å²) in [5.74, 6) is 1.72. The Morgan fingerprint density at radius 3 is 2.58 bits per heavy atom. The maximum Gasteiger partial charge on any atom is 0.322 e. The molecule has 4 aliphatic rings. The third-order valence-electron chi connectivity index (χ3n) is 7.63. The number of thioether (sulfide) groups is 1. The summed E-state index contributed by atoms with van der Waals surface area (Å²) in [6.07, 6.45) is 4.24. The van der Waals surface area contributed by atoms with Crippen molar-refractivity contribution in [1.29, 1.82) is 0 Å². The van der Waals surface area contributed by atoms with E-state index in [1.54, 1.807) is 23.7 Å². The highest BCUT2D eigenvalue weighted by molar-refractivity contribution is 8.04. The lowest BCUT2D eigenvalue weighted by molar-refractivity contribution is -0.132. The molecule has 5 rings (SSSR count). The number of nitrogens with two attached hydrogens (primary N) is 1. The first kappa shape index (κ1) is 26.2. The molecule has 2 saturated heterocycles. The first-order valence-electron chi connectivity index (χ1n) is 12.5. The lowest BCUT2D eigenvalue weighted by atomic mass is 9.78. The Morgan fingerprint density at radius 2 is 1.89 bits per heavy atom. The molecule has 1 aromatic carbocycles. The Labute approximate surface area is 217 Å². The molecule has 0 saturated carbocycles. The van der Waals surface area contributed by atoms with Crippen molar-refractivity contribution in [3.63, 3.8) is 0 Å². The number of rotatable bonds is 3. The summed E-state index contributed by atoms with van der Waals surface area (Å²) in [5, 5.41) is 2.97. The minimum atomic E-state index is -0.120. The Balaban J connectivity index is 0.000000169. The molecule has 4 aliphatic heterocycles. The van der Waals surface area contributed by atoms with Crippen LogP contribution in [0.5, 0.6) is 0 Å². The van der Waals surface area contributed by atoms with Crippen molar-refractivity contribution >= 4 is 41.9 Å². The highest BCUT2D eigenvalue weighted by Crippen LogP contribution is 2.44. The largest absolute Gasteiger partial charge is 0.383 e. The van der Waals surface area contributed by atoms with Crippen molar-refractivity contribution in [1.82, 2.24) is 14.7 Å². The molecule has 0 aliphatic carbocycles. The topological polar surface area (TPSA) is 107 Å². The molecular weight excluding hydrogens is 474 g/mol. The number of carbonyl (C=O) groups excluding carboxylic acids is 2. The van der Waals surface area contributed by atoms with Gasteiger partial charge in [-0.3, -0.25) is 14.8 Å². The number of carbonyl (C=O) groups is 2. The predicted molar refractivity (Wildman–Crippen MR) is 148 cm³/mol. The third kappa shape index (κ3) is 5.29. The van der Waals surface area contributed by atoms with Crippen LogP contribution in [0.1, 0.15) is 37.7 Å². The van der Waals surface area contributed by atoms with Crippen molar-refractivity contribution in [2.24, 2.45) is 15.7 Å². The molecule has 3 amide bonds. The highest BCUT2D eigenvalue weighted by Gasteiger charge is 2.45. The molecule has 194 valence electrons. The first-order valence-corrected chi connectivity index (χ1v) is 13.5. The average molecular weight is 512 g/mol. The molecule has 9 nitrogen and oxygen atoms in total. The van der Waals surface area contributed by atoms with Gasteiger partial charge in [0, 0.05) is 63.6 Å². The zero-order chi connectivity index (χ0) is 25.9. The number of nitrogens with zero attached hydrogens (tertiary/aromatic N) is 5. The number of allylic oxidation sites excluding steroid dienone is 1. The summed E-state index contributed by atoms with van der Waals surface area (Å²) >= 11 is 1.68. The van der Waals surface area contributed by atoms with E-state index in [1.807, 2.05) is 24.1 Å². The van der Waals surface area contributed by atoms with Gasteiger partial charge in [-0.05, 0) is 39.1 Å². The fourth-order valence-corrected chi connectivity index (χ4v) is 6.37. The van der Waals surface area contributed by atoms with E-state index in [1.165, 1.54) is 5.56 Å². The monoisotopic (exact) mass is 511 g/mol. The van der Waals surface area contributed by atoms with E-state index < -0.39 is 0 Å². The van der Waals surface area contributed by atoms with Crippen molar-refractivity contribution in [3.05, 3.63) is 40.4 Å². The second kappa shape index (κ2) is 11.0. The lowest BCUT2D eigenvalue weighted by Crippen LogP contribution is -2.57. The second-order valence-electron chi connectivity index (χ2n) is 9.88. The molecular formula is C26H37N7O2S. The average Bonchev–Trinajstić information content (AvgIpc) is 3.36. The molecule has 10 heteroatoms. The SMILES string of the molecule is C=NC1=C(C(N)=N[C@H]2CCC(=O)N(C)C2)SCC1.CN1CCC2(CC1)c1ccccc1NC(=O)N2C. The van der Waals surface area contributed by atoms with E-state index in [-0.39, 0.29) is 23.5 Å². The van der Waals surface area contributed by atoms with Crippen LogP contribution in [0.4, 0.5) is 10.5 Å².